The molecule has 1 atom stereocenters. The van der Waals surface area contributed by atoms with Crippen molar-refractivity contribution in [3.63, 3.8) is 0 Å². The molecule has 1 unspecified atom stereocenters. The van der Waals surface area contributed by atoms with E-state index in [-0.39, 0.29) is 12.5 Å². The van der Waals surface area contributed by atoms with E-state index in [2.05, 4.69) is 66.7 Å². The van der Waals surface area contributed by atoms with Gasteiger partial charge in [-0.15, -0.1) is 0 Å². The summed E-state index contributed by atoms with van der Waals surface area (Å²) in [6, 6.07) is 21.0. The summed E-state index contributed by atoms with van der Waals surface area (Å²) < 4.78 is 0. The first kappa shape index (κ1) is 12.4. The molecule has 4 rings (SSSR count). The van der Waals surface area contributed by atoms with Crippen LogP contribution in [0.25, 0.3) is 16.8 Å². The molecule has 1 aliphatic rings. The third kappa shape index (κ3) is 1.90. The van der Waals surface area contributed by atoms with Gasteiger partial charge >= 0.3 is 0 Å². The van der Waals surface area contributed by atoms with Crippen LogP contribution >= 0.6 is 0 Å². The second-order valence-corrected chi connectivity index (χ2v) is 5.48. The molecule has 0 fully saturated rings. The first-order valence-corrected chi connectivity index (χ1v) is 7.27. The summed E-state index contributed by atoms with van der Waals surface area (Å²) in [5, 5.41) is 12.2. The standard InChI is InChI=1S/C20H16O/c21-13-16-10-9-15-6-2-4-8-18(15)20(16)19-12-11-14-5-1-3-7-17(14)19/h1-12,19,21H,13H2. The number of rotatable bonds is 2. The quantitative estimate of drug-likeness (QED) is 0.728. The summed E-state index contributed by atoms with van der Waals surface area (Å²) in [6.45, 7) is 0.0761. The number of aliphatic hydroxyl groups is 1. The molecule has 1 heteroatoms. The lowest BCUT2D eigenvalue weighted by Gasteiger charge is -2.18. The Balaban J connectivity index is 2.01. The average molecular weight is 272 g/mol. The highest BCUT2D eigenvalue weighted by atomic mass is 16.3. The van der Waals surface area contributed by atoms with Gasteiger partial charge in [-0.25, -0.2) is 0 Å². The Hall–Kier alpha value is -2.38. The summed E-state index contributed by atoms with van der Waals surface area (Å²) in [5.41, 5.74) is 4.85. The van der Waals surface area contributed by atoms with Gasteiger partial charge in [0, 0.05) is 5.92 Å². The monoisotopic (exact) mass is 272 g/mol. The second kappa shape index (κ2) is 4.87. The van der Waals surface area contributed by atoms with Gasteiger partial charge < -0.3 is 5.11 Å². The summed E-state index contributed by atoms with van der Waals surface area (Å²) >= 11 is 0. The molecule has 3 aromatic rings. The number of fused-ring (bicyclic) bond motifs is 2. The van der Waals surface area contributed by atoms with Crippen LogP contribution in [0.5, 0.6) is 0 Å². The Kier molecular flexibility index (Phi) is 2.87. The molecule has 0 aromatic heterocycles. The van der Waals surface area contributed by atoms with Gasteiger partial charge in [0.1, 0.15) is 0 Å². The van der Waals surface area contributed by atoms with E-state index in [1.807, 2.05) is 6.07 Å². The molecular formula is C20H16O. The largest absolute Gasteiger partial charge is 0.392 e. The molecule has 1 N–H and O–H groups in total. The van der Waals surface area contributed by atoms with E-state index in [1.54, 1.807) is 0 Å². The summed E-state index contributed by atoms with van der Waals surface area (Å²) in [7, 11) is 0. The minimum atomic E-state index is 0.0761. The zero-order chi connectivity index (χ0) is 14.2. The fourth-order valence-corrected chi connectivity index (χ4v) is 3.35. The maximum atomic E-state index is 9.76. The average Bonchev–Trinajstić information content (AvgIpc) is 2.97. The first-order chi connectivity index (χ1) is 10.4. The molecule has 1 aliphatic carbocycles. The highest BCUT2D eigenvalue weighted by molar-refractivity contribution is 5.89. The first-order valence-electron chi connectivity index (χ1n) is 7.27. The molecular weight excluding hydrogens is 256 g/mol. The number of benzene rings is 3. The lowest BCUT2D eigenvalue weighted by molar-refractivity contribution is 0.281. The van der Waals surface area contributed by atoms with Gasteiger partial charge in [-0.1, -0.05) is 72.8 Å². The molecule has 0 spiro atoms. The van der Waals surface area contributed by atoms with Crippen molar-refractivity contribution in [3.05, 3.63) is 89.0 Å². The SMILES string of the molecule is OCc1ccc2ccccc2c1C1C=Cc2ccccc21. The molecule has 0 amide bonds. The van der Waals surface area contributed by atoms with Crippen LogP contribution in [0.15, 0.2) is 66.7 Å². The summed E-state index contributed by atoms with van der Waals surface area (Å²) in [5.74, 6) is 0.231. The van der Waals surface area contributed by atoms with E-state index < -0.39 is 0 Å². The van der Waals surface area contributed by atoms with E-state index in [0.29, 0.717) is 0 Å². The molecule has 0 radical (unpaired) electrons. The molecule has 0 heterocycles. The van der Waals surface area contributed by atoms with Gasteiger partial charge in [0.25, 0.3) is 0 Å². The minimum Gasteiger partial charge on any atom is -0.392 e. The van der Waals surface area contributed by atoms with E-state index in [9.17, 15) is 5.11 Å². The third-order valence-corrected chi connectivity index (χ3v) is 4.34. The Labute approximate surface area is 124 Å². The molecule has 1 nitrogen and oxygen atoms in total. The van der Waals surface area contributed by atoms with Crippen molar-refractivity contribution in [1.82, 2.24) is 0 Å². The van der Waals surface area contributed by atoms with E-state index in [4.69, 9.17) is 0 Å². The topological polar surface area (TPSA) is 20.2 Å². The van der Waals surface area contributed by atoms with Crippen LogP contribution in [0.4, 0.5) is 0 Å². The number of allylic oxidation sites excluding steroid dienone is 1. The highest BCUT2D eigenvalue weighted by Crippen LogP contribution is 2.40. The van der Waals surface area contributed by atoms with Crippen LogP contribution in [0.2, 0.25) is 0 Å². The maximum absolute atomic E-state index is 9.76. The van der Waals surface area contributed by atoms with Crippen molar-refractivity contribution >= 4 is 16.8 Å². The van der Waals surface area contributed by atoms with Gasteiger partial charge in [0.15, 0.2) is 0 Å². The number of hydrogen-bond donors (Lipinski definition) is 1. The minimum absolute atomic E-state index is 0.0761. The summed E-state index contributed by atoms with van der Waals surface area (Å²) in [4.78, 5) is 0. The van der Waals surface area contributed by atoms with Gasteiger partial charge in [-0.05, 0) is 33.0 Å². The van der Waals surface area contributed by atoms with Gasteiger partial charge in [0.2, 0.25) is 0 Å². The van der Waals surface area contributed by atoms with Crippen LogP contribution in [-0.2, 0) is 6.61 Å². The Morgan fingerprint density at radius 3 is 2.57 bits per heavy atom. The van der Waals surface area contributed by atoms with Gasteiger partial charge in [-0.2, -0.15) is 0 Å². The smallest absolute Gasteiger partial charge is 0.0685 e. The van der Waals surface area contributed by atoms with Crippen molar-refractivity contribution in [1.29, 1.82) is 0 Å². The van der Waals surface area contributed by atoms with Crippen LogP contribution in [0.3, 0.4) is 0 Å². The zero-order valence-corrected chi connectivity index (χ0v) is 11.7. The summed E-state index contributed by atoms with van der Waals surface area (Å²) in [6.07, 6.45) is 4.43. The van der Waals surface area contributed by atoms with Crippen molar-refractivity contribution in [2.24, 2.45) is 0 Å². The molecule has 0 aliphatic heterocycles. The molecule has 21 heavy (non-hydrogen) atoms. The fraction of sp³-hybridized carbons (Fsp3) is 0.100. The van der Waals surface area contributed by atoms with Crippen molar-refractivity contribution in [2.45, 2.75) is 12.5 Å². The third-order valence-electron chi connectivity index (χ3n) is 4.34. The van der Waals surface area contributed by atoms with Gasteiger partial charge in [0.05, 0.1) is 6.61 Å². The Morgan fingerprint density at radius 2 is 1.67 bits per heavy atom. The lowest BCUT2D eigenvalue weighted by Crippen LogP contribution is -2.02. The molecule has 0 bridgehead atoms. The predicted molar refractivity (Wildman–Crippen MR) is 87.2 cm³/mol. The lowest BCUT2D eigenvalue weighted by atomic mass is 9.86. The highest BCUT2D eigenvalue weighted by Gasteiger charge is 2.22. The molecule has 0 saturated carbocycles. The van der Waals surface area contributed by atoms with E-state index in [1.165, 1.54) is 27.5 Å². The number of hydrogen-bond acceptors (Lipinski definition) is 1. The maximum Gasteiger partial charge on any atom is 0.0685 e. The van der Waals surface area contributed by atoms with Crippen LogP contribution in [0.1, 0.15) is 28.2 Å². The zero-order valence-electron chi connectivity index (χ0n) is 11.7. The predicted octanol–water partition coefficient (Wildman–Crippen LogP) is 4.49. The Bertz CT molecular complexity index is 845. The van der Waals surface area contributed by atoms with E-state index >= 15 is 0 Å². The van der Waals surface area contributed by atoms with Crippen LogP contribution in [-0.4, -0.2) is 5.11 Å². The van der Waals surface area contributed by atoms with Crippen LogP contribution < -0.4 is 0 Å². The Morgan fingerprint density at radius 1 is 0.857 bits per heavy atom. The normalized spacial score (nSPS) is 16.3. The number of aliphatic hydroxyl groups excluding tert-OH is 1. The van der Waals surface area contributed by atoms with Gasteiger partial charge in [-0.3, -0.25) is 0 Å². The van der Waals surface area contributed by atoms with Crippen molar-refractivity contribution in [2.75, 3.05) is 0 Å². The molecule has 102 valence electrons. The van der Waals surface area contributed by atoms with Crippen molar-refractivity contribution in [3.8, 4) is 0 Å². The molecule has 3 aromatic carbocycles. The van der Waals surface area contributed by atoms with Crippen LogP contribution in [0, 0.1) is 0 Å². The second-order valence-electron chi connectivity index (χ2n) is 5.48. The fourth-order valence-electron chi connectivity index (χ4n) is 3.35. The molecule has 0 saturated heterocycles. The van der Waals surface area contributed by atoms with Crippen molar-refractivity contribution < 1.29 is 5.11 Å². The van der Waals surface area contributed by atoms with E-state index in [0.717, 1.165) is 5.56 Å².